The van der Waals surface area contributed by atoms with Gasteiger partial charge in [-0.25, -0.2) is 4.79 Å². The summed E-state index contributed by atoms with van der Waals surface area (Å²) in [6, 6.07) is 14.1. The van der Waals surface area contributed by atoms with Crippen molar-refractivity contribution in [3.63, 3.8) is 0 Å². The number of benzene rings is 2. The Morgan fingerprint density at radius 1 is 1.07 bits per heavy atom. The van der Waals surface area contributed by atoms with E-state index in [1.54, 1.807) is 42.3 Å². The summed E-state index contributed by atoms with van der Waals surface area (Å²) in [4.78, 5) is 27.4. The maximum absolute atomic E-state index is 13.0. The summed E-state index contributed by atoms with van der Waals surface area (Å²) >= 11 is 0. The van der Waals surface area contributed by atoms with Crippen LogP contribution in [0.2, 0.25) is 0 Å². The maximum atomic E-state index is 13.0. The van der Waals surface area contributed by atoms with Gasteiger partial charge in [0, 0.05) is 18.7 Å². The van der Waals surface area contributed by atoms with Gasteiger partial charge in [0.1, 0.15) is 5.75 Å². The van der Waals surface area contributed by atoms with Crippen LogP contribution in [0.5, 0.6) is 5.75 Å². The molecular formula is C21H23NO5. The molecule has 6 nitrogen and oxygen atoms in total. The number of nitrogens with zero attached hydrogens (tertiary/aromatic N) is 1. The van der Waals surface area contributed by atoms with Crippen LogP contribution in [0.4, 0.5) is 0 Å². The van der Waals surface area contributed by atoms with Gasteiger partial charge in [0.2, 0.25) is 6.10 Å². The van der Waals surface area contributed by atoms with Crippen molar-refractivity contribution in [1.82, 2.24) is 4.90 Å². The van der Waals surface area contributed by atoms with E-state index in [2.05, 4.69) is 0 Å². The Bertz CT molecular complexity index is 799. The number of methoxy groups -OCH3 is 1. The molecular weight excluding hydrogens is 346 g/mol. The molecule has 1 atom stereocenters. The van der Waals surface area contributed by atoms with Crippen molar-refractivity contribution < 1.29 is 23.8 Å². The third-order valence-electron chi connectivity index (χ3n) is 4.52. The van der Waals surface area contributed by atoms with Crippen LogP contribution in [0.15, 0.2) is 48.5 Å². The molecule has 0 aromatic heterocycles. The van der Waals surface area contributed by atoms with Gasteiger partial charge >= 0.3 is 5.97 Å². The molecule has 1 amide bonds. The number of hydrogen-bond acceptors (Lipinski definition) is 5. The topological polar surface area (TPSA) is 65.1 Å². The Morgan fingerprint density at radius 2 is 1.78 bits per heavy atom. The van der Waals surface area contributed by atoms with Crippen molar-refractivity contribution >= 4 is 11.9 Å². The molecule has 0 spiro atoms. The SMILES string of the molecule is COc1cc(C(=O)O[C@H](C(=O)N2CCOCC2)c2ccccc2)ccc1C. The number of carbonyl (C=O) groups excluding carboxylic acids is 2. The van der Waals surface area contributed by atoms with Crippen LogP contribution in [0.1, 0.15) is 27.6 Å². The smallest absolute Gasteiger partial charge is 0.339 e. The Kier molecular flexibility index (Phi) is 6.08. The highest BCUT2D eigenvalue weighted by Crippen LogP contribution is 2.25. The van der Waals surface area contributed by atoms with E-state index < -0.39 is 12.1 Å². The van der Waals surface area contributed by atoms with Gasteiger partial charge in [-0.1, -0.05) is 36.4 Å². The molecule has 1 saturated heterocycles. The van der Waals surface area contributed by atoms with Crippen molar-refractivity contribution in [2.24, 2.45) is 0 Å². The van der Waals surface area contributed by atoms with Crippen LogP contribution in [0.25, 0.3) is 0 Å². The van der Waals surface area contributed by atoms with E-state index in [1.165, 1.54) is 0 Å². The average Bonchev–Trinajstić information content (AvgIpc) is 2.73. The van der Waals surface area contributed by atoms with Crippen molar-refractivity contribution in [3.05, 3.63) is 65.2 Å². The molecule has 0 saturated carbocycles. The minimum Gasteiger partial charge on any atom is -0.496 e. The molecule has 27 heavy (non-hydrogen) atoms. The molecule has 1 fully saturated rings. The van der Waals surface area contributed by atoms with Crippen LogP contribution >= 0.6 is 0 Å². The van der Waals surface area contributed by atoms with E-state index in [1.807, 2.05) is 25.1 Å². The number of morpholine rings is 1. The van der Waals surface area contributed by atoms with Gasteiger partial charge < -0.3 is 19.1 Å². The summed E-state index contributed by atoms with van der Waals surface area (Å²) < 4.78 is 16.2. The normalized spacial score (nSPS) is 15.1. The van der Waals surface area contributed by atoms with E-state index in [4.69, 9.17) is 14.2 Å². The zero-order valence-corrected chi connectivity index (χ0v) is 15.5. The monoisotopic (exact) mass is 369 g/mol. The summed E-state index contributed by atoms with van der Waals surface area (Å²) in [5.41, 5.74) is 1.90. The van der Waals surface area contributed by atoms with Crippen LogP contribution in [0, 0.1) is 6.92 Å². The first kappa shape index (κ1) is 18.9. The third kappa shape index (κ3) is 4.46. The van der Waals surface area contributed by atoms with Gasteiger partial charge in [-0.15, -0.1) is 0 Å². The first-order valence-corrected chi connectivity index (χ1v) is 8.87. The van der Waals surface area contributed by atoms with Crippen LogP contribution < -0.4 is 4.74 Å². The molecule has 1 heterocycles. The maximum Gasteiger partial charge on any atom is 0.339 e. The van der Waals surface area contributed by atoms with Crippen molar-refractivity contribution in [2.45, 2.75) is 13.0 Å². The molecule has 0 bridgehead atoms. The Labute approximate surface area is 158 Å². The third-order valence-corrected chi connectivity index (χ3v) is 4.52. The summed E-state index contributed by atoms with van der Waals surface area (Å²) in [5, 5.41) is 0. The van der Waals surface area contributed by atoms with Crippen molar-refractivity contribution in [1.29, 1.82) is 0 Å². The molecule has 0 aliphatic carbocycles. The van der Waals surface area contributed by atoms with Crippen LogP contribution in [0.3, 0.4) is 0 Å². The van der Waals surface area contributed by atoms with Crippen LogP contribution in [-0.4, -0.2) is 50.2 Å². The molecule has 6 heteroatoms. The van der Waals surface area contributed by atoms with E-state index in [0.717, 1.165) is 5.56 Å². The molecule has 1 aliphatic rings. The zero-order chi connectivity index (χ0) is 19.2. The Hall–Kier alpha value is -2.86. The van der Waals surface area contributed by atoms with Gasteiger partial charge in [0.05, 0.1) is 25.9 Å². The molecule has 0 radical (unpaired) electrons. The summed E-state index contributed by atoms with van der Waals surface area (Å²) in [7, 11) is 1.55. The predicted octanol–water partition coefficient (Wildman–Crippen LogP) is 2.76. The number of esters is 1. The highest BCUT2D eigenvalue weighted by molar-refractivity contribution is 5.93. The molecule has 3 rings (SSSR count). The Balaban J connectivity index is 1.84. The fourth-order valence-corrected chi connectivity index (χ4v) is 2.96. The second-order valence-electron chi connectivity index (χ2n) is 6.32. The second kappa shape index (κ2) is 8.68. The highest BCUT2D eigenvalue weighted by Gasteiger charge is 2.31. The molecule has 0 unspecified atom stereocenters. The zero-order valence-electron chi connectivity index (χ0n) is 15.5. The molecule has 2 aromatic rings. The van der Waals surface area contributed by atoms with E-state index in [-0.39, 0.29) is 5.91 Å². The van der Waals surface area contributed by atoms with Gasteiger partial charge in [-0.2, -0.15) is 0 Å². The van der Waals surface area contributed by atoms with Gasteiger partial charge in [-0.05, 0) is 24.6 Å². The fraction of sp³-hybridized carbons (Fsp3) is 0.333. The fourth-order valence-electron chi connectivity index (χ4n) is 2.96. The first-order chi connectivity index (χ1) is 13.1. The number of rotatable bonds is 5. The second-order valence-corrected chi connectivity index (χ2v) is 6.32. The lowest BCUT2D eigenvalue weighted by Gasteiger charge is -2.30. The summed E-state index contributed by atoms with van der Waals surface area (Å²) in [6.07, 6.45) is -0.996. The van der Waals surface area contributed by atoms with E-state index in [0.29, 0.717) is 43.2 Å². The van der Waals surface area contributed by atoms with Gasteiger partial charge in [0.25, 0.3) is 5.91 Å². The predicted molar refractivity (Wildman–Crippen MR) is 99.7 cm³/mol. The number of aryl methyl sites for hydroxylation is 1. The number of amides is 1. The average molecular weight is 369 g/mol. The minimum absolute atomic E-state index is 0.239. The number of ether oxygens (including phenoxy) is 3. The molecule has 2 aromatic carbocycles. The standard InChI is InChI=1S/C21H23NO5/c1-15-8-9-17(14-18(15)25-2)21(24)27-19(16-6-4-3-5-7-16)20(23)22-10-12-26-13-11-22/h3-9,14,19H,10-13H2,1-2H3/t19-/m0/s1. The van der Waals surface area contributed by atoms with Gasteiger partial charge in [-0.3, -0.25) is 4.79 Å². The number of hydrogen-bond donors (Lipinski definition) is 0. The summed E-state index contributed by atoms with van der Waals surface area (Å²) in [5.74, 6) is -0.207. The lowest BCUT2D eigenvalue weighted by Crippen LogP contribution is -2.44. The first-order valence-electron chi connectivity index (χ1n) is 8.87. The largest absolute Gasteiger partial charge is 0.496 e. The van der Waals surface area contributed by atoms with E-state index >= 15 is 0 Å². The Morgan fingerprint density at radius 3 is 2.44 bits per heavy atom. The molecule has 0 N–H and O–H groups in total. The van der Waals surface area contributed by atoms with Crippen molar-refractivity contribution in [2.75, 3.05) is 33.4 Å². The van der Waals surface area contributed by atoms with Crippen molar-refractivity contribution in [3.8, 4) is 5.75 Å². The minimum atomic E-state index is -0.996. The molecule has 142 valence electrons. The summed E-state index contributed by atoms with van der Waals surface area (Å²) in [6.45, 7) is 3.82. The number of carbonyl (C=O) groups is 2. The van der Waals surface area contributed by atoms with Crippen LogP contribution in [-0.2, 0) is 14.3 Å². The highest BCUT2D eigenvalue weighted by atomic mass is 16.5. The lowest BCUT2D eigenvalue weighted by atomic mass is 10.1. The molecule has 1 aliphatic heterocycles. The van der Waals surface area contributed by atoms with E-state index in [9.17, 15) is 9.59 Å². The van der Waals surface area contributed by atoms with Gasteiger partial charge in [0.15, 0.2) is 0 Å². The lowest BCUT2D eigenvalue weighted by molar-refractivity contribution is -0.145. The quantitative estimate of drug-likeness (QED) is 0.759.